The van der Waals surface area contributed by atoms with Gasteiger partial charge in [-0.25, -0.2) is 4.39 Å². The molecule has 1 rings (SSSR count). The Morgan fingerprint density at radius 1 is 1.80 bits per heavy atom. The largest absolute Gasteiger partial charge is 0.306 e. The third kappa shape index (κ3) is 1.45. The van der Waals surface area contributed by atoms with Gasteiger partial charge in [0.1, 0.15) is 6.07 Å². The number of hydrogen-bond donors (Lipinski definition) is 0. The van der Waals surface area contributed by atoms with Crippen molar-refractivity contribution >= 4 is 0 Å². The highest BCUT2D eigenvalue weighted by Gasteiger charge is 2.27. The van der Waals surface area contributed by atoms with Crippen LogP contribution < -0.4 is 0 Å². The fraction of sp³-hybridized carbons (Fsp3) is 0.857. The number of halogens is 1. The average Bonchev–Trinajstić information content (AvgIpc) is 2.34. The zero-order valence-corrected chi connectivity index (χ0v) is 6.05. The molecule has 0 N–H and O–H groups in total. The molecule has 1 aliphatic heterocycles. The van der Waals surface area contributed by atoms with Gasteiger partial charge in [-0.3, -0.25) is 0 Å². The van der Waals surface area contributed by atoms with Crippen LogP contribution in [0.3, 0.4) is 0 Å². The van der Waals surface area contributed by atoms with Crippen LogP contribution >= 0.6 is 0 Å². The SMILES string of the molecule is CN1CCC(C(F)C#N)C1. The van der Waals surface area contributed by atoms with Crippen LogP contribution in [0.1, 0.15) is 6.42 Å². The molecule has 0 saturated carbocycles. The van der Waals surface area contributed by atoms with Crippen molar-refractivity contribution in [3.8, 4) is 6.07 Å². The zero-order chi connectivity index (χ0) is 7.56. The zero-order valence-electron chi connectivity index (χ0n) is 6.05. The molecule has 3 heteroatoms. The van der Waals surface area contributed by atoms with Crippen molar-refractivity contribution in [2.45, 2.75) is 12.6 Å². The Bertz CT molecular complexity index is 152. The number of alkyl halides is 1. The van der Waals surface area contributed by atoms with E-state index >= 15 is 0 Å². The van der Waals surface area contributed by atoms with Gasteiger partial charge in [-0.15, -0.1) is 0 Å². The smallest absolute Gasteiger partial charge is 0.190 e. The molecule has 0 aromatic heterocycles. The number of nitrogens with zero attached hydrogens (tertiary/aromatic N) is 2. The van der Waals surface area contributed by atoms with E-state index in [0.29, 0.717) is 0 Å². The van der Waals surface area contributed by atoms with Crippen molar-refractivity contribution in [2.24, 2.45) is 5.92 Å². The molecule has 2 nitrogen and oxygen atoms in total. The summed E-state index contributed by atoms with van der Waals surface area (Å²) < 4.78 is 12.6. The van der Waals surface area contributed by atoms with Crippen LogP contribution in [0.25, 0.3) is 0 Å². The number of hydrogen-bond acceptors (Lipinski definition) is 2. The first-order valence-electron chi connectivity index (χ1n) is 3.46. The molecule has 1 fully saturated rings. The Kier molecular flexibility index (Phi) is 2.23. The molecule has 56 valence electrons. The minimum Gasteiger partial charge on any atom is -0.306 e. The van der Waals surface area contributed by atoms with E-state index in [9.17, 15) is 4.39 Å². The summed E-state index contributed by atoms with van der Waals surface area (Å²) in [7, 11) is 1.95. The molecule has 10 heavy (non-hydrogen) atoms. The number of rotatable bonds is 1. The lowest BCUT2D eigenvalue weighted by atomic mass is 10.0. The van der Waals surface area contributed by atoms with Gasteiger partial charge in [-0.2, -0.15) is 5.26 Å². The second-order valence-corrected chi connectivity index (χ2v) is 2.84. The lowest BCUT2D eigenvalue weighted by molar-refractivity contribution is 0.284. The first-order chi connectivity index (χ1) is 4.74. The minimum absolute atomic E-state index is 0.0463. The molecule has 0 aromatic rings. The first kappa shape index (κ1) is 7.49. The number of nitriles is 1. The van der Waals surface area contributed by atoms with Crippen LogP contribution in [0.5, 0.6) is 0 Å². The van der Waals surface area contributed by atoms with Gasteiger partial charge in [-0.05, 0) is 20.0 Å². The molecule has 1 aliphatic rings. The summed E-state index contributed by atoms with van der Waals surface area (Å²) in [6.45, 7) is 1.65. The van der Waals surface area contributed by atoms with Crippen molar-refractivity contribution in [3.63, 3.8) is 0 Å². The van der Waals surface area contributed by atoms with Gasteiger partial charge in [0.15, 0.2) is 6.17 Å². The van der Waals surface area contributed by atoms with Crippen LogP contribution in [0.2, 0.25) is 0 Å². The summed E-state index contributed by atoms with van der Waals surface area (Å²) in [5, 5.41) is 8.24. The van der Waals surface area contributed by atoms with Gasteiger partial charge < -0.3 is 4.90 Å². The predicted molar refractivity (Wildman–Crippen MR) is 36.1 cm³/mol. The maximum Gasteiger partial charge on any atom is 0.190 e. The van der Waals surface area contributed by atoms with E-state index in [-0.39, 0.29) is 5.92 Å². The quantitative estimate of drug-likeness (QED) is 0.541. The fourth-order valence-electron chi connectivity index (χ4n) is 1.31. The van der Waals surface area contributed by atoms with Crippen molar-refractivity contribution in [3.05, 3.63) is 0 Å². The van der Waals surface area contributed by atoms with Crippen LogP contribution in [0.15, 0.2) is 0 Å². The highest BCUT2D eigenvalue weighted by Crippen LogP contribution is 2.19. The molecular formula is C7H11FN2. The Morgan fingerprint density at radius 3 is 2.90 bits per heavy atom. The van der Waals surface area contributed by atoms with Gasteiger partial charge in [0.2, 0.25) is 0 Å². The third-order valence-corrected chi connectivity index (χ3v) is 1.97. The minimum atomic E-state index is -1.26. The monoisotopic (exact) mass is 142 g/mol. The Labute approximate surface area is 60.2 Å². The maximum atomic E-state index is 12.6. The molecule has 0 spiro atoms. The summed E-state index contributed by atoms with van der Waals surface area (Å²) >= 11 is 0. The van der Waals surface area contributed by atoms with Gasteiger partial charge in [0, 0.05) is 12.5 Å². The Morgan fingerprint density at radius 2 is 2.50 bits per heavy atom. The maximum absolute atomic E-state index is 12.6. The first-order valence-corrected chi connectivity index (χ1v) is 3.46. The highest BCUT2D eigenvalue weighted by atomic mass is 19.1. The van der Waals surface area contributed by atoms with Crippen LogP contribution in [0, 0.1) is 17.2 Å². The van der Waals surface area contributed by atoms with E-state index in [1.54, 1.807) is 6.07 Å². The van der Waals surface area contributed by atoms with E-state index < -0.39 is 6.17 Å². The molecule has 2 unspecified atom stereocenters. The van der Waals surface area contributed by atoms with E-state index in [2.05, 4.69) is 4.90 Å². The summed E-state index contributed by atoms with van der Waals surface area (Å²) in [5.74, 6) is -0.0463. The average molecular weight is 142 g/mol. The molecule has 0 aliphatic carbocycles. The fourth-order valence-corrected chi connectivity index (χ4v) is 1.31. The molecule has 1 heterocycles. The molecule has 0 amide bonds. The van der Waals surface area contributed by atoms with E-state index in [0.717, 1.165) is 19.5 Å². The standard InChI is InChI=1S/C7H11FN2/c1-10-3-2-6(5-10)7(8)4-9/h6-7H,2-3,5H2,1H3. The van der Waals surface area contributed by atoms with Crippen LogP contribution in [-0.4, -0.2) is 31.2 Å². The normalized spacial score (nSPS) is 29.9. The van der Waals surface area contributed by atoms with Crippen molar-refractivity contribution < 1.29 is 4.39 Å². The topological polar surface area (TPSA) is 27.0 Å². The highest BCUT2D eigenvalue weighted by molar-refractivity contribution is 4.92. The van der Waals surface area contributed by atoms with E-state index in [1.165, 1.54) is 0 Å². The molecular weight excluding hydrogens is 131 g/mol. The van der Waals surface area contributed by atoms with E-state index in [4.69, 9.17) is 5.26 Å². The molecule has 0 aromatic carbocycles. The second kappa shape index (κ2) is 2.98. The molecule has 0 radical (unpaired) electrons. The summed E-state index contributed by atoms with van der Waals surface area (Å²) in [4.78, 5) is 2.05. The summed E-state index contributed by atoms with van der Waals surface area (Å²) in [5.41, 5.74) is 0. The van der Waals surface area contributed by atoms with Gasteiger partial charge in [0.05, 0.1) is 0 Å². The van der Waals surface area contributed by atoms with Crippen LogP contribution in [0.4, 0.5) is 4.39 Å². The van der Waals surface area contributed by atoms with Crippen LogP contribution in [-0.2, 0) is 0 Å². The Balaban J connectivity index is 2.39. The van der Waals surface area contributed by atoms with E-state index in [1.807, 2.05) is 7.05 Å². The van der Waals surface area contributed by atoms with Crippen molar-refractivity contribution in [1.82, 2.24) is 4.90 Å². The molecule has 2 atom stereocenters. The van der Waals surface area contributed by atoms with Gasteiger partial charge in [0.25, 0.3) is 0 Å². The van der Waals surface area contributed by atoms with Gasteiger partial charge in [-0.1, -0.05) is 0 Å². The second-order valence-electron chi connectivity index (χ2n) is 2.84. The molecule has 0 bridgehead atoms. The summed E-state index contributed by atoms with van der Waals surface area (Å²) in [6.07, 6.45) is -0.435. The van der Waals surface area contributed by atoms with Crippen molar-refractivity contribution in [1.29, 1.82) is 5.26 Å². The summed E-state index contributed by atoms with van der Waals surface area (Å²) in [6, 6.07) is 1.63. The Hall–Kier alpha value is -0.620. The lowest BCUT2D eigenvalue weighted by Gasteiger charge is -2.08. The molecule has 1 saturated heterocycles. The number of likely N-dealkylation sites (tertiary alicyclic amines) is 1. The lowest BCUT2D eigenvalue weighted by Crippen LogP contribution is -2.19. The van der Waals surface area contributed by atoms with Gasteiger partial charge >= 0.3 is 0 Å². The van der Waals surface area contributed by atoms with Crippen molar-refractivity contribution in [2.75, 3.05) is 20.1 Å². The predicted octanol–water partition coefficient (Wildman–Crippen LogP) is 0.800. The third-order valence-electron chi connectivity index (χ3n) is 1.97.